The topological polar surface area (TPSA) is 108 Å². The quantitative estimate of drug-likeness (QED) is 0.638. The SMILES string of the molecule is Cc1oc(-c2[nH]ncc2C(=O)N2CCCC2)cc1S(=O)(=O)Nc1ccc(F)cc1F. The summed E-state index contributed by atoms with van der Waals surface area (Å²) in [6.07, 6.45) is 3.22. The highest BCUT2D eigenvalue weighted by Gasteiger charge is 2.28. The van der Waals surface area contributed by atoms with Crippen molar-refractivity contribution < 1.29 is 26.4 Å². The fraction of sp³-hybridized carbons (Fsp3) is 0.263. The number of anilines is 1. The van der Waals surface area contributed by atoms with Crippen LogP contribution in [0.1, 0.15) is 29.0 Å². The number of rotatable bonds is 5. The van der Waals surface area contributed by atoms with Crippen molar-refractivity contribution in [2.45, 2.75) is 24.7 Å². The molecule has 0 spiro atoms. The Morgan fingerprint density at radius 1 is 1.23 bits per heavy atom. The van der Waals surface area contributed by atoms with Gasteiger partial charge in [0.1, 0.15) is 28.0 Å². The number of carbonyl (C=O) groups is 1. The zero-order valence-corrected chi connectivity index (χ0v) is 16.7. The summed E-state index contributed by atoms with van der Waals surface area (Å²) in [5.41, 5.74) is 0.126. The second-order valence-corrected chi connectivity index (χ2v) is 8.57. The van der Waals surface area contributed by atoms with Crippen LogP contribution in [-0.4, -0.2) is 42.5 Å². The van der Waals surface area contributed by atoms with Crippen LogP contribution in [0.2, 0.25) is 0 Å². The highest BCUT2D eigenvalue weighted by Crippen LogP contribution is 2.31. The number of likely N-dealkylation sites (tertiary alicyclic amines) is 1. The minimum atomic E-state index is -4.23. The summed E-state index contributed by atoms with van der Waals surface area (Å²) in [4.78, 5) is 14.2. The Balaban J connectivity index is 1.65. The van der Waals surface area contributed by atoms with E-state index in [9.17, 15) is 22.0 Å². The Morgan fingerprint density at radius 3 is 2.67 bits per heavy atom. The number of aromatic nitrogens is 2. The van der Waals surface area contributed by atoms with Gasteiger partial charge in [0.05, 0.1) is 17.4 Å². The van der Waals surface area contributed by atoms with E-state index in [0.29, 0.717) is 19.2 Å². The maximum Gasteiger partial charge on any atom is 0.265 e. The van der Waals surface area contributed by atoms with Gasteiger partial charge in [-0.1, -0.05) is 0 Å². The number of halogens is 2. The predicted molar refractivity (Wildman–Crippen MR) is 103 cm³/mol. The summed E-state index contributed by atoms with van der Waals surface area (Å²) in [7, 11) is -4.23. The lowest BCUT2D eigenvalue weighted by atomic mass is 10.2. The molecule has 0 bridgehead atoms. The fourth-order valence-electron chi connectivity index (χ4n) is 3.35. The lowest BCUT2D eigenvalue weighted by Gasteiger charge is -2.14. The van der Waals surface area contributed by atoms with Crippen LogP contribution < -0.4 is 4.72 Å². The number of aromatic amines is 1. The van der Waals surface area contributed by atoms with E-state index in [1.54, 1.807) is 4.90 Å². The first-order valence-electron chi connectivity index (χ1n) is 9.17. The minimum absolute atomic E-state index is 0.0363. The zero-order valence-electron chi connectivity index (χ0n) is 15.9. The summed E-state index contributed by atoms with van der Waals surface area (Å²) >= 11 is 0. The Hall–Kier alpha value is -3.21. The monoisotopic (exact) mass is 436 g/mol. The molecule has 1 saturated heterocycles. The van der Waals surface area contributed by atoms with Gasteiger partial charge in [0, 0.05) is 25.2 Å². The maximum atomic E-state index is 13.9. The molecule has 1 aliphatic rings. The van der Waals surface area contributed by atoms with Crippen molar-refractivity contribution >= 4 is 21.6 Å². The number of nitrogens with one attached hydrogen (secondary N) is 2. The standard InChI is InChI=1S/C19H18F2N4O4S/c1-11-17(30(27,28)24-15-5-4-12(20)8-14(15)21)9-16(29-11)18-13(10-22-23-18)19(26)25-6-2-3-7-25/h4-5,8-10,24H,2-3,6-7H2,1H3,(H,22,23). The first kappa shape index (κ1) is 20.1. The van der Waals surface area contributed by atoms with Crippen molar-refractivity contribution in [1.29, 1.82) is 0 Å². The number of benzene rings is 1. The fourth-order valence-corrected chi connectivity index (χ4v) is 4.60. The molecule has 1 fully saturated rings. The van der Waals surface area contributed by atoms with Gasteiger partial charge in [-0.3, -0.25) is 14.6 Å². The highest BCUT2D eigenvalue weighted by molar-refractivity contribution is 7.92. The van der Waals surface area contributed by atoms with Gasteiger partial charge in [-0.05, 0) is 31.9 Å². The van der Waals surface area contributed by atoms with E-state index in [0.717, 1.165) is 25.0 Å². The van der Waals surface area contributed by atoms with Gasteiger partial charge in [0.2, 0.25) is 0 Å². The molecule has 11 heteroatoms. The molecule has 1 aromatic carbocycles. The molecule has 3 aromatic rings. The van der Waals surface area contributed by atoms with Crippen LogP contribution in [0.15, 0.2) is 39.8 Å². The van der Waals surface area contributed by atoms with Crippen LogP contribution in [0.5, 0.6) is 0 Å². The molecule has 2 N–H and O–H groups in total. The van der Waals surface area contributed by atoms with Crippen LogP contribution >= 0.6 is 0 Å². The van der Waals surface area contributed by atoms with Crippen molar-refractivity contribution in [1.82, 2.24) is 15.1 Å². The predicted octanol–water partition coefficient (Wildman–Crippen LogP) is 3.29. The van der Waals surface area contributed by atoms with Gasteiger partial charge in [-0.2, -0.15) is 5.10 Å². The molecule has 0 atom stereocenters. The lowest BCUT2D eigenvalue weighted by molar-refractivity contribution is 0.0793. The lowest BCUT2D eigenvalue weighted by Crippen LogP contribution is -2.27. The van der Waals surface area contributed by atoms with Gasteiger partial charge in [0.25, 0.3) is 15.9 Å². The smallest absolute Gasteiger partial charge is 0.265 e. The van der Waals surface area contributed by atoms with Crippen molar-refractivity contribution in [3.8, 4) is 11.5 Å². The number of hydrogen-bond acceptors (Lipinski definition) is 5. The van der Waals surface area contributed by atoms with E-state index in [2.05, 4.69) is 14.9 Å². The number of nitrogens with zero attached hydrogens (tertiary/aromatic N) is 2. The Morgan fingerprint density at radius 2 is 1.97 bits per heavy atom. The number of carbonyl (C=O) groups excluding carboxylic acids is 1. The maximum absolute atomic E-state index is 13.9. The largest absolute Gasteiger partial charge is 0.458 e. The second-order valence-electron chi connectivity index (χ2n) is 6.92. The number of furan rings is 1. The molecule has 4 rings (SSSR count). The van der Waals surface area contributed by atoms with Crippen LogP contribution in [0, 0.1) is 18.6 Å². The average molecular weight is 436 g/mol. The summed E-state index contributed by atoms with van der Waals surface area (Å²) in [6.45, 7) is 2.72. The third-order valence-corrected chi connectivity index (χ3v) is 6.32. The molecular weight excluding hydrogens is 418 g/mol. The van der Waals surface area contributed by atoms with Gasteiger partial charge in [-0.25, -0.2) is 17.2 Å². The van der Waals surface area contributed by atoms with Crippen LogP contribution in [0.25, 0.3) is 11.5 Å². The second kappa shape index (κ2) is 7.56. The minimum Gasteiger partial charge on any atom is -0.458 e. The molecule has 3 heterocycles. The first-order valence-corrected chi connectivity index (χ1v) is 10.7. The molecule has 0 unspecified atom stereocenters. The molecule has 158 valence electrons. The third-order valence-electron chi connectivity index (χ3n) is 4.85. The van der Waals surface area contributed by atoms with Gasteiger partial charge in [-0.15, -0.1) is 0 Å². The molecule has 0 saturated carbocycles. The van der Waals surface area contributed by atoms with Crippen LogP contribution in [0.4, 0.5) is 14.5 Å². The highest BCUT2D eigenvalue weighted by atomic mass is 32.2. The summed E-state index contributed by atoms with van der Waals surface area (Å²) in [6, 6.07) is 3.73. The zero-order chi connectivity index (χ0) is 21.5. The van der Waals surface area contributed by atoms with Crippen LogP contribution in [0.3, 0.4) is 0 Å². The third kappa shape index (κ3) is 3.67. The number of aryl methyl sites for hydroxylation is 1. The number of amides is 1. The summed E-state index contributed by atoms with van der Waals surface area (Å²) < 4.78 is 60.1. The first-order chi connectivity index (χ1) is 14.3. The average Bonchev–Trinajstić information content (AvgIpc) is 3.43. The molecule has 0 aliphatic carbocycles. The van der Waals surface area contributed by atoms with Gasteiger partial charge >= 0.3 is 0 Å². The molecular formula is C19H18F2N4O4S. The van der Waals surface area contributed by atoms with E-state index >= 15 is 0 Å². The van der Waals surface area contributed by atoms with Crippen molar-refractivity contribution in [2.24, 2.45) is 0 Å². The van der Waals surface area contributed by atoms with Gasteiger partial charge in [0.15, 0.2) is 5.76 Å². The molecule has 0 radical (unpaired) electrons. The normalized spacial score (nSPS) is 14.3. The van der Waals surface area contributed by atoms with Crippen LogP contribution in [-0.2, 0) is 10.0 Å². The Kier molecular flexibility index (Phi) is 5.06. The number of hydrogen-bond donors (Lipinski definition) is 2. The number of H-pyrrole nitrogens is 1. The molecule has 1 aliphatic heterocycles. The van der Waals surface area contributed by atoms with E-state index < -0.39 is 27.3 Å². The summed E-state index contributed by atoms with van der Waals surface area (Å²) in [5, 5.41) is 6.57. The molecule has 2 aromatic heterocycles. The molecule has 30 heavy (non-hydrogen) atoms. The van der Waals surface area contributed by atoms with E-state index in [4.69, 9.17) is 4.42 Å². The van der Waals surface area contributed by atoms with Crippen molar-refractivity contribution in [3.63, 3.8) is 0 Å². The summed E-state index contributed by atoms with van der Waals surface area (Å²) in [5.74, 6) is -1.96. The van der Waals surface area contributed by atoms with Gasteiger partial charge < -0.3 is 9.32 Å². The van der Waals surface area contributed by atoms with E-state index in [-0.39, 0.29) is 33.6 Å². The molecule has 1 amide bonds. The molecule has 8 nitrogen and oxygen atoms in total. The number of sulfonamides is 1. The van der Waals surface area contributed by atoms with E-state index in [1.165, 1.54) is 19.2 Å². The van der Waals surface area contributed by atoms with Crippen molar-refractivity contribution in [3.05, 3.63) is 53.4 Å². The Labute approximate surface area is 170 Å². The van der Waals surface area contributed by atoms with E-state index in [1.807, 2.05) is 0 Å². The Bertz CT molecular complexity index is 1210. The van der Waals surface area contributed by atoms with Crippen molar-refractivity contribution in [2.75, 3.05) is 17.8 Å².